The van der Waals surface area contributed by atoms with Crippen molar-refractivity contribution in [3.63, 3.8) is 0 Å². The molecule has 0 heterocycles. The van der Waals surface area contributed by atoms with E-state index in [0.29, 0.717) is 0 Å². The fraction of sp³-hybridized carbons (Fsp3) is 0.333. The molecule has 2 aliphatic carbocycles. The summed E-state index contributed by atoms with van der Waals surface area (Å²) in [5.74, 6) is 1.05. The normalized spacial score (nSPS) is 20.5. The number of nitrogens with zero attached hydrogens (tertiary/aromatic N) is 1. The van der Waals surface area contributed by atoms with Crippen LogP contribution in [0.4, 0.5) is 0 Å². The van der Waals surface area contributed by atoms with E-state index in [1.165, 1.54) is 11.1 Å². The highest BCUT2D eigenvalue weighted by Crippen LogP contribution is 2.36. The highest BCUT2D eigenvalue weighted by atomic mass is 127. The molecule has 0 aliphatic heterocycles. The Labute approximate surface area is 104 Å². The Balaban J connectivity index is 2.37. The zero-order chi connectivity index (χ0) is 10.8. The Morgan fingerprint density at radius 2 is 2.33 bits per heavy atom. The third-order valence-corrected chi connectivity index (χ3v) is 2.75. The SMILES string of the molecule is C=C1CC=CC2=CCCC(ON(C)I)=C12. The van der Waals surface area contributed by atoms with Gasteiger partial charge in [0.2, 0.25) is 0 Å². The maximum absolute atomic E-state index is 5.70. The summed E-state index contributed by atoms with van der Waals surface area (Å²) in [5.41, 5.74) is 3.65. The summed E-state index contributed by atoms with van der Waals surface area (Å²) in [6, 6.07) is 0. The quantitative estimate of drug-likeness (QED) is 0.438. The maximum Gasteiger partial charge on any atom is 0.134 e. The minimum absolute atomic E-state index is 0.935. The maximum atomic E-state index is 5.70. The molecule has 3 heteroatoms. The van der Waals surface area contributed by atoms with Gasteiger partial charge in [-0.15, -0.1) is 0 Å². The number of rotatable bonds is 2. The zero-order valence-corrected chi connectivity index (χ0v) is 11.0. The Hall–Kier alpha value is -0.550. The van der Waals surface area contributed by atoms with Gasteiger partial charge in [0.05, 0.1) is 22.9 Å². The van der Waals surface area contributed by atoms with Gasteiger partial charge in [-0.05, 0) is 24.0 Å². The Morgan fingerprint density at radius 1 is 1.53 bits per heavy atom. The van der Waals surface area contributed by atoms with Crippen LogP contribution < -0.4 is 0 Å². The highest BCUT2D eigenvalue weighted by molar-refractivity contribution is 14.1. The fourth-order valence-electron chi connectivity index (χ4n) is 1.97. The zero-order valence-electron chi connectivity index (χ0n) is 8.79. The Bertz CT molecular complexity index is 377. The molecular formula is C12H14INO. The van der Waals surface area contributed by atoms with Gasteiger partial charge in [-0.25, -0.2) is 0 Å². The van der Waals surface area contributed by atoms with Gasteiger partial charge in [-0.1, -0.05) is 28.1 Å². The van der Waals surface area contributed by atoms with E-state index in [0.717, 1.165) is 30.6 Å². The minimum Gasteiger partial charge on any atom is -0.400 e. The van der Waals surface area contributed by atoms with Gasteiger partial charge in [-0.2, -0.15) is 0 Å². The molecular weight excluding hydrogens is 301 g/mol. The molecule has 2 rings (SSSR count). The van der Waals surface area contributed by atoms with E-state index in [2.05, 4.69) is 47.7 Å². The molecule has 0 spiro atoms. The van der Waals surface area contributed by atoms with Crippen molar-refractivity contribution >= 4 is 22.9 Å². The first-order valence-electron chi connectivity index (χ1n) is 5.04. The van der Waals surface area contributed by atoms with Crippen molar-refractivity contribution in [1.82, 2.24) is 3.28 Å². The van der Waals surface area contributed by atoms with Gasteiger partial charge < -0.3 is 4.84 Å². The minimum atomic E-state index is 0.935. The molecule has 80 valence electrons. The van der Waals surface area contributed by atoms with Crippen LogP contribution in [0.15, 0.2) is 47.3 Å². The number of hydroxylamine groups is 1. The molecule has 0 unspecified atom stereocenters. The van der Waals surface area contributed by atoms with Gasteiger partial charge in [0.1, 0.15) is 5.76 Å². The lowest BCUT2D eigenvalue weighted by atomic mass is 9.86. The lowest BCUT2D eigenvalue weighted by Crippen LogP contribution is -2.12. The van der Waals surface area contributed by atoms with E-state index in [1.807, 2.05) is 7.05 Å². The van der Waals surface area contributed by atoms with Crippen molar-refractivity contribution in [2.24, 2.45) is 0 Å². The Morgan fingerprint density at radius 3 is 3.07 bits per heavy atom. The third kappa shape index (κ3) is 2.34. The van der Waals surface area contributed by atoms with Gasteiger partial charge in [0.25, 0.3) is 0 Å². The summed E-state index contributed by atoms with van der Waals surface area (Å²) >= 11 is 2.13. The Kier molecular flexibility index (Phi) is 3.31. The summed E-state index contributed by atoms with van der Waals surface area (Å²) in [6.07, 6.45) is 9.55. The molecule has 0 fully saturated rings. The van der Waals surface area contributed by atoms with Crippen molar-refractivity contribution in [1.29, 1.82) is 0 Å². The van der Waals surface area contributed by atoms with Crippen molar-refractivity contribution in [2.75, 3.05) is 7.05 Å². The van der Waals surface area contributed by atoms with E-state index in [1.54, 1.807) is 3.28 Å². The van der Waals surface area contributed by atoms with E-state index < -0.39 is 0 Å². The summed E-state index contributed by atoms with van der Waals surface area (Å²) in [6.45, 7) is 4.11. The van der Waals surface area contributed by atoms with E-state index >= 15 is 0 Å². The number of hydrogen-bond acceptors (Lipinski definition) is 2. The van der Waals surface area contributed by atoms with Crippen molar-refractivity contribution < 1.29 is 4.84 Å². The van der Waals surface area contributed by atoms with Gasteiger partial charge >= 0.3 is 0 Å². The van der Waals surface area contributed by atoms with Gasteiger partial charge in [-0.3, -0.25) is 0 Å². The smallest absolute Gasteiger partial charge is 0.134 e. The largest absolute Gasteiger partial charge is 0.400 e. The summed E-state index contributed by atoms with van der Waals surface area (Å²) < 4.78 is 1.72. The van der Waals surface area contributed by atoms with Gasteiger partial charge in [0, 0.05) is 19.0 Å². The van der Waals surface area contributed by atoms with Crippen LogP contribution in [-0.4, -0.2) is 10.3 Å². The first-order valence-corrected chi connectivity index (χ1v) is 6.01. The average molecular weight is 315 g/mol. The molecule has 0 bridgehead atoms. The summed E-state index contributed by atoms with van der Waals surface area (Å²) in [7, 11) is 1.90. The standard InChI is InChI=1S/C12H14INO/c1-9-5-3-6-10-7-4-8-11(12(9)10)15-14(2)13/h3,6-7H,1,4-5,8H2,2H3. The fourth-order valence-corrected chi connectivity index (χ4v) is 2.21. The van der Waals surface area contributed by atoms with Crippen LogP contribution in [0.1, 0.15) is 19.3 Å². The molecule has 0 atom stereocenters. The molecule has 0 saturated carbocycles. The molecule has 0 amide bonds. The van der Waals surface area contributed by atoms with E-state index in [4.69, 9.17) is 4.84 Å². The molecule has 15 heavy (non-hydrogen) atoms. The molecule has 0 aromatic carbocycles. The molecule has 0 radical (unpaired) electrons. The van der Waals surface area contributed by atoms with Gasteiger partial charge in [0.15, 0.2) is 0 Å². The predicted octanol–water partition coefficient (Wildman–Crippen LogP) is 3.69. The topological polar surface area (TPSA) is 12.5 Å². The summed E-state index contributed by atoms with van der Waals surface area (Å²) in [4.78, 5) is 5.70. The van der Waals surface area contributed by atoms with Crippen molar-refractivity contribution in [3.8, 4) is 0 Å². The van der Waals surface area contributed by atoms with Crippen LogP contribution >= 0.6 is 22.9 Å². The van der Waals surface area contributed by atoms with Crippen LogP contribution in [0.3, 0.4) is 0 Å². The van der Waals surface area contributed by atoms with E-state index in [-0.39, 0.29) is 0 Å². The van der Waals surface area contributed by atoms with E-state index in [9.17, 15) is 0 Å². The number of fused-ring (bicyclic) bond motifs is 1. The van der Waals surface area contributed by atoms with Crippen LogP contribution in [0.25, 0.3) is 0 Å². The molecule has 2 nitrogen and oxygen atoms in total. The first kappa shape index (κ1) is 11.0. The van der Waals surface area contributed by atoms with Crippen LogP contribution in [0.5, 0.6) is 0 Å². The number of hydrogen-bond donors (Lipinski definition) is 0. The average Bonchev–Trinajstić information content (AvgIpc) is 2.17. The molecule has 0 aromatic heterocycles. The van der Waals surface area contributed by atoms with Crippen molar-refractivity contribution in [3.05, 3.63) is 47.3 Å². The molecule has 0 aromatic rings. The van der Waals surface area contributed by atoms with Crippen molar-refractivity contribution in [2.45, 2.75) is 19.3 Å². The molecule has 2 aliphatic rings. The number of halogens is 1. The second-order valence-corrected chi connectivity index (χ2v) is 5.08. The lowest BCUT2D eigenvalue weighted by Gasteiger charge is -2.25. The lowest BCUT2D eigenvalue weighted by molar-refractivity contribution is 0.0127. The van der Waals surface area contributed by atoms with Crippen LogP contribution in [0.2, 0.25) is 0 Å². The monoisotopic (exact) mass is 315 g/mol. The molecule has 0 saturated heterocycles. The molecule has 0 N–H and O–H groups in total. The first-order chi connectivity index (χ1) is 7.18. The van der Waals surface area contributed by atoms with Crippen LogP contribution in [-0.2, 0) is 4.84 Å². The second kappa shape index (κ2) is 4.53. The summed E-state index contributed by atoms with van der Waals surface area (Å²) in [5, 5.41) is 0. The second-order valence-electron chi connectivity index (χ2n) is 3.72. The van der Waals surface area contributed by atoms with Crippen LogP contribution in [0, 0.1) is 0 Å². The third-order valence-electron chi connectivity index (χ3n) is 2.55. The highest BCUT2D eigenvalue weighted by Gasteiger charge is 2.21. The predicted molar refractivity (Wildman–Crippen MR) is 70.1 cm³/mol. The number of allylic oxidation sites excluding steroid dienone is 7.